The van der Waals surface area contributed by atoms with Crippen molar-refractivity contribution < 1.29 is 9.59 Å². The number of carbonyl (C=O) groups excluding carboxylic acids is 2. The molecule has 31 heavy (non-hydrogen) atoms. The molecule has 3 amide bonds. The average Bonchev–Trinajstić information content (AvgIpc) is 3.13. The van der Waals surface area contributed by atoms with Gasteiger partial charge in [-0.1, -0.05) is 12.1 Å². The predicted octanol–water partition coefficient (Wildman–Crippen LogP) is 4.72. The van der Waals surface area contributed by atoms with E-state index < -0.39 is 0 Å². The largest absolute Gasteiger partial charge is 0.338 e. The molecule has 0 saturated heterocycles. The van der Waals surface area contributed by atoms with Crippen LogP contribution in [0.15, 0.2) is 29.6 Å². The van der Waals surface area contributed by atoms with Crippen molar-refractivity contribution >= 4 is 29.0 Å². The number of aryl methyl sites for hydroxylation is 1. The van der Waals surface area contributed by atoms with Gasteiger partial charge in [0.15, 0.2) is 0 Å². The molecule has 1 aromatic heterocycles. The standard InChI is InChI=1S/C24H30N4O2S/c1-15-26-21(14-31-15)19-2-4-20(5-3-19)27-22(29)6-7-25-23(30)28-24-11-16-8-17(12-24)10-18(9-16)13-24/h2-5,14,16-18H,6-13H2,1H3,(H,27,29)(H2,25,28,30). The van der Waals surface area contributed by atoms with Crippen molar-refractivity contribution in [2.75, 3.05) is 11.9 Å². The van der Waals surface area contributed by atoms with E-state index in [0.717, 1.165) is 59.0 Å². The van der Waals surface area contributed by atoms with Crippen molar-refractivity contribution in [2.24, 2.45) is 17.8 Å². The minimum Gasteiger partial charge on any atom is -0.338 e. The van der Waals surface area contributed by atoms with Crippen molar-refractivity contribution in [3.05, 3.63) is 34.7 Å². The first-order valence-electron chi connectivity index (χ1n) is 11.3. The second-order valence-corrected chi connectivity index (χ2v) is 10.8. The molecule has 164 valence electrons. The molecule has 4 aliphatic carbocycles. The lowest BCUT2D eigenvalue weighted by molar-refractivity contribution is -0.116. The van der Waals surface area contributed by atoms with E-state index in [0.29, 0.717) is 6.54 Å². The van der Waals surface area contributed by atoms with Crippen molar-refractivity contribution in [3.8, 4) is 11.3 Å². The maximum atomic E-state index is 12.5. The van der Waals surface area contributed by atoms with Crippen LogP contribution in [0.1, 0.15) is 50.0 Å². The molecule has 4 fully saturated rings. The van der Waals surface area contributed by atoms with E-state index in [-0.39, 0.29) is 23.9 Å². The van der Waals surface area contributed by atoms with Crippen molar-refractivity contribution in [1.82, 2.24) is 15.6 Å². The summed E-state index contributed by atoms with van der Waals surface area (Å²) >= 11 is 1.62. The number of nitrogens with one attached hydrogen (secondary N) is 3. The summed E-state index contributed by atoms with van der Waals surface area (Å²) < 4.78 is 0. The number of amides is 3. The zero-order chi connectivity index (χ0) is 21.4. The first-order valence-corrected chi connectivity index (χ1v) is 12.2. The molecule has 1 aromatic carbocycles. The minimum absolute atomic E-state index is 0.00130. The molecule has 3 N–H and O–H groups in total. The zero-order valence-corrected chi connectivity index (χ0v) is 18.8. The summed E-state index contributed by atoms with van der Waals surface area (Å²) in [5.41, 5.74) is 2.73. The number of anilines is 1. The molecule has 7 heteroatoms. The van der Waals surface area contributed by atoms with Gasteiger partial charge < -0.3 is 16.0 Å². The van der Waals surface area contributed by atoms with Crippen LogP contribution in [-0.4, -0.2) is 29.0 Å². The van der Waals surface area contributed by atoms with E-state index in [9.17, 15) is 9.59 Å². The quantitative estimate of drug-likeness (QED) is 0.610. The Morgan fingerprint density at radius 2 is 1.71 bits per heavy atom. The van der Waals surface area contributed by atoms with Crippen LogP contribution in [0.4, 0.5) is 10.5 Å². The number of aromatic nitrogens is 1. The molecule has 1 heterocycles. The van der Waals surface area contributed by atoms with Gasteiger partial charge in [-0.3, -0.25) is 4.79 Å². The Balaban J connectivity index is 1.06. The molecule has 4 saturated carbocycles. The highest BCUT2D eigenvalue weighted by molar-refractivity contribution is 7.09. The van der Waals surface area contributed by atoms with Gasteiger partial charge in [0, 0.05) is 35.1 Å². The first kappa shape index (κ1) is 20.5. The maximum absolute atomic E-state index is 12.5. The summed E-state index contributed by atoms with van der Waals surface area (Å²) in [5.74, 6) is 2.28. The predicted molar refractivity (Wildman–Crippen MR) is 123 cm³/mol. The molecule has 4 bridgehead atoms. The van der Waals surface area contributed by atoms with Gasteiger partial charge in [0.1, 0.15) is 0 Å². The van der Waals surface area contributed by atoms with Crippen molar-refractivity contribution in [1.29, 1.82) is 0 Å². The fraction of sp³-hybridized carbons (Fsp3) is 0.542. The molecule has 0 spiro atoms. The van der Waals surface area contributed by atoms with Crippen LogP contribution in [0.2, 0.25) is 0 Å². The summed E-state index contributed by atoms with van der Waals surface area (Å²) in [7, 11) is 0. The lowest BCUT2D eigenvalue weighted by Crippen LogP contribution is -2.61. The molecule has 6 nitrogen and oxygen atoms in total. The van der Waals surface area contributed by atoms with Crippen LogP contribution in [0.3, 0.4) is 0 Å². The number of hydrogen-bond donors (Lipinski definition) is 3. The maximum Gasteiger partial charge on any atom is 0.315 e. The highest BCUT2D eigenvalue weighted by Gasteiger charge is 2.51. The summed E-state index contributed by atoms with van der Waals surface area (Å²) in [4.78, 5) is 29.2. The third-order valence-corrected chi connectivity index (χ3v) is 7.91. The lowest BCUT2D eigenvalue weighted by atomic mass is 9.53. The molecule has 2 aromatic rings. The van der Waals surface area contributed by atoms with Gasteiger partial charge in [-0.25, -0.2) is 9.78 Å². The number of hydrogen-bond acceptors (Lipinski definition) is 4. The molecule has 0 atom stereocenters. The second kappa shape index (κ2) is 8.26. The average molecular weight is 439 g/mol. The summed E-state index contributed by atoms with van der Waals surface area (Å²) in [6.45, 7) is 2.32. The molecule has 0 unspecified atom stereocenters. The van der Waals surface area contributed by atoms with Crippen LogP contribution in [0.25, 0.3) is 11.3 Å². The third kappa shape index (κ3) is 4.61. The Labute approximate surface area is 187 Å². The molecular formula is C24H30N4O2S. The Morgan fingerprint density at radius 1 is 1.06 bits per heavy atom. The Bertz CT molecular complexity index is 933. The normalized spacial score (nSPS) is 28.4. The van der Waals surface area contributed by atoms with E-state index in [1.54, 1.807) is 11.3 Å². The van der Waals surface area contributed by atoms with Gasteiger partial charge in [0.05, 0.1) is 10.7 Å². The summed E-state index contributed by atoms with van der Waals surface area (Å²) in [6.07, 6.45) is 7.70. The lowest BCUT2D eigenvalue weighted by Gasteiger charge is -2.56. The molecule has 0 radical (unpaired) electrons. The summed E-state index contributed by atoms with van der Waals surface area (Å²) in [5, 5.41) is 12.1. The highest BCUT2D eigenvalue weighted by Crippen LogP contribution is 2.55. The second-order valence-electron chi connectivity index (χ2n) is 9.71. The molecular weight excluding hydrogens is 408 g/mol. The molecule has 0 aliphatic heterocycles. The Kier molecular flexibility index (Phi) is 5.46. The molecule has 6 rings (SSSR count). The number of benzene rings is 1. The number of nitrogens with zero attached hydrogens (tertiary/aromatic N) is 1. The SMILES string of the molecule is Cc1nc(-c2ccc(NC(=O)CCNC(=O)NC34CC5CC(CC(C5)C3)C4)cc2)cs1. The Hall–Kier alpha value is -2.41. The van der Waals surface area contributed by atoms with Crippen LogP contribution in [0, 0.1) is 24.7 Å². The number of carbonyl (C=O) groups is 2. The third-order valence-electron chi connectivity index (χ3n) is 7.14. The Morgan fingerprint density at radius 3 is 2.29 bits per heavy atom. The smallest absolute Gasteiger partial charge is 0.315 e. The van der Waals surface area contributed by atoms with E-state index in [2.05, 4.69) is 20.9 Å². The number of rotatable bonds is 6. The van der Waals surface area contributed by atoms with Gasteiger partial charge in [0.25, 0.3) is 0 Å². The van der Waals surface area contributed by atoms with E-state index in [4.69, 9.17) is 0 Å². The topological polar surface area (TPSA) is 83.1 Å². The van der Waals surface area contributed by atoms with E-state index in [1.807, 2.05) is 36.6 Å². The van der Waals surface area contributed by atoms with Gasteiger partial charge in [-0.05, 0) is 75.3 Å². The summed E-state index contributed by atoms with van der Waals surface area (Å²) in [6, 6.07) is 7.56. The van der Waals surface area contributed by atoms with E-state index >= 15 is 0 Å². The van der Waals surface area contributed by atoms with E-state index in [1.165, 1.54) is 19.3 Å². The fourth-order valence-corrected chi connectivity index (χ4v) is 6.90. The van der Waals surface area contributed by atoms with Gasteiger partial charge in [-0.15, -0.1) is 11.3 Å². The van der Waals surface area contributed by atoms with Gasteiger partial charge in [-0.2, -0.15) is 0 Å². The number of thiazole rings is 1. The number of urea groups is 1. The van der Waals surface area contributed by atoms with Gasteiger partial charge >= 0.3 is 6.03 Å². The minimum atomic E-state index is -0.127. The van der Waals surface area contributed by atoms with Crippen molar-refractivity contribution in [3.63, 3.8) is 0 Å². The van der Waals surface area contributed by atoms with Crippen LogP contribution in [0.5, 0.6) is 0 Å². The van der Waals surface area contributed by atoms with Crippen LogP contribution < -0.4 is 16.0 Å². The van der Waals surface area contributed by atoms with Crippen molar-refractivity contribution in [2.45, 2.75) is 57.4 Å². The first-order chi connectivity index (χ1) is 15.0. The van der Waals surface area contributed by atoms with Crippen LogP contribution >= 0.6 is 11.3 Å². The van der Waals surface area contributed by atoms with Crippen LogP contribution in [-0.2, 0) is 4.79 Å². The zero-order valence-electron chi connectivity index (χ0n) is 17.9. The van der Waals surface area contributed by atoms with Gasteiger partial charge in [0.2, 0.25) is 5.91 Å². The fourth-order valence-electron chi connectivity index (χ4n) is 6.28. The highest BCUT2D eigenvalue weighted by atomic mass is 32.1. The monoisotopic (exact) mass is 438 g/mol. The molecule has 4 aliphatic rings.